The van der Waals surface area contributed by atoms with Crippen LogP contribution in [0.5, 0.6) is 0 Å². The van der Waals surface area contributed by atoms with E-state index in [4.69, 9.17) is 4.74 Å². The van der Waals surface area contributed by atoms with Gasteiger partial charge in [-0.15, -0.1) is 0 Å². The van der Waals surface area contributed by atoms with Crippen molar-refractivity contribution < 1.29 is 31.5 Å². The van der Waals surface area contributed by atoms with Crippen molar-refractivity contribution in [3.05, 3.63) is 102 Å². The van der Waals surface area contributed by atoms with Gasteiger partial charge < -0.3 is 9.47 Å². The number of allylic oxidation sites excluding steroid dienone is 2. The number of rotatable bonds is 12. The molecule has 9 heteroatoms. The van der Waals surface area contributed by atoms with Crippen LogP contribution in [0.4, 0.5) is 8.78 Å². The van der Waals surface area contributed by atoms with Gasteiger partial charge in [0, 0.05) is 24.4 Å². The van der Waals surface area contributed by atoms with Gasteiger partial charge in [0.2, 0.25) is 10.0 Å². The third-order valence-corrected chi connectivity index (χ3v) is 8.61. The van der Waals surface area contributed by atoms with Crippen LogP contribution in [0.1, 0.15) is 37.7 Å². The Hall–Kier alpha value is -3.40. The average molecular weight is 570 g/mol. The first-order valence-electron chi connectivity index (χ1n) is 13.2. The fourth-order valence-corrected chi connectivity index (χ4v) is 6.34. The summed E-state index contributed by atoms with van der Waals surface area (Å²) in [4.78, 5) is 10.8. The number of carbonyl (C=O) groups is 1. The first-order chi connectivity index (χ1) is 19.3. The lowest BCUT2D eigenvalue weighted by Gasteiger charge is -2.25. The highest BCUT2D eigenvalue weighted by Crippen LogP contribution is 2.34. The molecule has 1 aliphatic carbocycles. The monoisotopic (exact) mass is 569 g/mol. The van der Waals surface area contributed by atoms with Crippen molar-refractivity contribution in [2.75, 3.05) is 7.11 Å². The highest BCUT2D eigenvalue weighted by atomic mass is 32.2. The van der Waals surface area contributed by atoms with Crippen molar-refractivity contribution in [2.45, 2.75) is 55.8 Å². The van der Waals surface area contributed by atoms with Gasteiger partial charge in [-0.2, -0.15) is 0 Å². The van der Waals surface area contributed by atoms with E-state index in [2.05, 4.69) is 9.46 Å². The van der Waals surface area contributed by atoms with Gasteiger partial charge >= 0.3 is 5.97 Å². The van der Waals surface area contributed by atoms with Gasteiger partial charge in [-0.1, -0.05) is 66.7 Å². The number of hydrogen-bond acceptors (Lipinski definition) is 5. The molecular formula is C31H33F2NO5S. The Morgan fingerprint density at radius 3 is 2.40 bits per heavy atom. The Morgan fingerprint density at radius 1 is 0.975 bits per heavy atom. The van der Waals surface area contributed by atoms with Gasteiger partial charge in [-0.3, -0.25) is 4.79 Å². The Labute approximate surface area is 234 Å². The third kappa shape index (κ3) is 7.84. The van der Waals surface area contributed by atoms with Crippen molar-refractivity contribution in [1.82, 2.24) is 4.72 Å². The normalized spacial score (nSPS) is 19.2. The van der Waals surface area contributed by atoms with Gasteiger partial charge in [-0.25, -0.2) is 21.9 Å². The van der Waals surface area contributed by atoms with Gasteiger partial charge in [-0.05, 0) is 54.5 Å². The van der Waals surface area contributed by atoms with Crippen LogP contribution in [0.3, 0.4) is 0 Å². The lowest BCUT2D eigenvalue weighted by atomic mass is 9.97. The quantitative estimate of drug-likeness (QED) is 0.208. The molecule has 1 saturated carbocycles. The van der Waals surface area contributed by atoms with Crippen LogP contribution in [0, 0.1) is 17.6 Å². The number of methoxy groups -OCH3 is 1. The molecule has 1 fully saturated rings. The standard InChI is InChI=1S/C31H33F2NO5S/c1-38-31(35)11-7-3-6-10-26-28(34-40(36,37)30-19-16-25(32)20-27(30)33)17-18-29(26)39-21-22-12-14-24(15-13-22)23-8-4-2-5-9-23/h2-6,8-9,12-16,19-20,26,28-29,34H,7,10-11,17-18,21H2,1H3/b6-3-/t26-,28+,29+/m1/s1. The molecule has 3 aromatic rings. The summed E-state index contributed by atoms with van der Waals surface area (Å²) in [5.41, 5.74) is 3.21. The summed E-state index contributed by atoms with van der Waals surface area (Å²) in [5.74, 6) is -2.53. The summed E-state index contributed by atoms with van der Waals surface area (Å²) in [7, 11) is -2.89. The van der Waals surface area contributed by atoms with Crippen molar-refractivity contribution in [2.24, 2.45) is 5.92 Å². The second kappa shape index (κ2) is 13.8. The first-order valence-corrected chi connectivity index (χ1v) is 14.7. The molecule has 4 rings (SSSR count). The summed E-state index contributed by atoms with van der Waals surface area (Å²) in [5, 5.41) is 0. The Kier molecular flexibility index (Phi) is 10.2. The first kappa shape index (κ1) is 29.6. The Morgan fingerprint density at radius 2 is 1.70 bits per heavy atom. The van der Waals surface area contributed by atoms with Gasteiger partial charge in [0.1, 0.15) is 16.5 Å². The molecule has 0 spiro atoms. The summed E-state index contributed by atoms with van der Waals surface area (Å²) in [6.07, 6.45) is 5.88. The van der Waals surface area contributed by atoms with E-state index in [0.717, 1.165) is 28.8 Å². The van der Waals surface area contributed by atoms with Crippen LogP contribution >= 0.6 is 0 Å². The molecule has 6 nitrogen and oxygen atoms in total. The third-order valence-electron chi connectivity index (χ3n) is 7.09. The average Bonchev–Trinajstić information content (AvgIpc) is 3.32. The molecule has 1 N–H and O–H groups in total. The SMILES string of the molecule is COC(=O)CC/C=C\C[C@@H]1[C@@H](NS(=O)(=O)c2ccc(F)cc2F)CC[C@@H]1OCc1ccc(-c2ccccc2)cc1. The molecule has 3 atom stereocenters. The minimum atomic E-state index is -4.23. The highest BCUT2D eigenvalue weighted by Gasteiger charge is 2.39. The molecule has 0 aliphatic heterocycles. The number of halogens is 2. The zero-order valence-electron chi connectivity index (χ0n) is 22.3. The maximum absolute atomic E-state index is 14.3. The van der Waals surface area contributed by atoms with Crippen molar-refractivity contribution in [3.63, 3.8) is 0 Å². The minimum Gasteiger partial charge on any atom is -0.469 e. The van der Waals surface area contributed by atoms with Crippen molar-refractivity contribution in [3.8, 4) is 11.1 Å². The minimum absolute atomic E-state index is 0.226. The van der Waals surface area contributed by atoms with Crippen LogP contribution in [0.15, 0.2) is 89.8 Å². The fourth-order valence-electron chi connectivity index (χ4n) is 4.96. The van der Waals surface area contributed by atoms with Gasteiger partial charge in [0.05, 0.1) is 19.8 Å². The molecule has 3 aromatic carbocycles. The topological polar surface area (TPSA) is 81.7 Å². The molecule has 40 heavy (non-hydrogen) atoms. The Bertz CT molecular complexity index is 1410. The van der Waals surface area contributed by atoms with Crippen LogP contribution in [0.25, 0.3) is 11.1 Å². The van der Waals surface area contributed by atoms with E-state index >= 15 is 0 Å². The van der Waals surface area contributed by atoms with E-state index in [1.165, 1.54) is 7.11 Å². The summed E-state index contributed by atoms with van der Waals surface area (Å²) in [6, 6.07) is 20.0. The van der Waals surface area contributed by atoms with E-state index < -0.39 is 32.6 Å². The van der Waals surface area contributed by atoms with Crippen LogP contribution in [-0.4, -0.2) is 33.6 Å². The van der Waals surface area contributed by atoms with Crippen LogP contribution in [-0.2, 0) is 30.9 Å². The second-order valence-electron chi connectivity index (χ2n) is 9.78. The molecule has 1 aliphatic rings. The zero-order chi connectivity index (χ0) is 28.5. The second-order valence-corrected chi connectivity index (χ2v) is 11.5. The molecular weight excluding hydrogens is 536 g/mol. The maximum atomic E-state index is 14.3. The van der Waals surface area contributed by atoms with Gasteiger partial charge in [0.15, 0.2) is 0 Å². The predicted octanol–water partition coefficient (Wildman–Crippen LogP) is 6.17. The molecule has 0 saturated heterocycles. The van der Waals surface area contributed by atoms with Crippen molar-refractivity contribution in [1.29, 1.82) is 0 Å². The number of nitrogens with one attached hydrogen (secondary N) is 1. The predicted molar refractivity (Wildman–Crippen MR) is 149 cm³/mol. The molecule has 0 heterocycles. The number of benzene rings is 3. The van der Waals surface area contributed by atoms with E-state index in [1.54, 1.807) is 0 Å². The highest BCUT2D eigenvalue weighted by molar-refractivity contribution is 7.89. The lowest BCUT2D eigenvalue weighted by molar-refractivity contribution is -0.140. The molecule has 0 bridgehead atoms. The number of carbonyl (C=O) groups excluding carboxylic acids is 1. The number of hydrogen-bond donors (Lipinski definition) is 1. The van der Waals surface area contributed by atoms with E-state index in [0.29, 0.717) is 38.4 Å². The number of esters is 1. The largest absolute Gasteiger partial charge is 0.469 e. The summed E-state index contributed by atoms with van der Waals surface area (Å²) in [6.45, 7) is 0.356. The lowest BCUT2D eigenvalue weighted by Crippen LogP contribution is -2.40. The van der Waals surface area contributed by atoms with E-state index in [-0.39, 0.29) is 24.4 Å². The van der Waals surface area contributed by atoms with Crippen LogP contribution in [0.2, 0.25) is 0 Å². The van der Waals surface area contributed by atoms with Crippen molar-refractivity contribution >= 4 is 16.0 Å². The summed E-state index contributed by atoms with van der Waals surface area (Å²) >= 11 is 0. The molecule has 0 radical (unpaired) electrons. The smallest absolute Gasteiger partial charge is 0.305 e. The summed E-state index contributed by atoms with van der Waals surface area (Å²) < 4.78 is 67.2. The number of sulfonamides is 1. The van der Waals surface area contributed by atoms with E-state index in [9.17, 15) is 22.0 Å². The van der Waals surface area contributed by atoms with Crippen LogP contribution < -0.4 is 4.72 Å². The van der Waals surface area contributed by atoms with E-state index in [1.807, 2.05) is 66.7 Å². The fraction of sp³-hybridized carbons (Fsp3) is 0.323. The van der Waals surface area contributed by atoms with Gasteiger partial charge in [0.25, 0.3) is 0 Å². The molecule has 0 amide bonds. The maximum Gasteiger partial charge on any atom is 0.305 e. The zero-order valence-corrected chi connectivity index (χ0v) is 23.1. The molecule has 0 aromatic heterocycles. The molecule has 0 unspecified atom stereocenters. The Balaban J connectivity index is 1.44. The number of ether oxygens (including phenoxy) is 2. The molecule has 212 valence electrons.